The molecule has 0 aromatic heterocycles. The van der Waals surface area contributed by atoms with Gasteiger partial charge in [-0.25, -0.2) is 8.42 Å². The molecule has 6 nitrogen and oxygen atoms in total. The predicted octanol–water partition coefficient (Wildman–Crippen LogP) is 3.81. The third kappa shape index (κ3) is 5.55. The summed E-state index contributed by atoms with van der Waals surface area (Å²) in [5.74, 6) is 1.40. The van der Waals surface area contributed by atoms with E-state index in [-0.39, 0.29) is 4.90 Å². The Morgan fingerprint density at radius 2 is 1.73 bits per heavy atom. The van der Waals surface area contributed by atoms with Gasteiger partial charge in [0.2, 0.25) is 10.0 Å². The highest BCUT2D eigenvalue weighted by Gasteiger charge is 2.28. The molecule has 1 heterocycles. The average molecular weight is 451 g/mol. The number of benzene rings is 2. The van der Waals surface area contributed by atoms with Crippen molar-refractivity contribution in [2.75, 3.05) is 39.4 Å². The summed E-state index contributed by atoms with van der Waals surface area (Å²) in [6.07, 6.45) is 1.70. The van der Waals surface area contributed by atoms with E-state index in [0.29, 0.717) is 55.9 Å². The number of hydrogen-bond donors (Lipinski definition) is 0. The van der Waals surface area contributed by atoms with E-state index >= 15 is 0 Å². The summed E-state index contributed by atoms with van der Waals surface area (Å²) in [4.78, 5) is 2.51. The van der Waals surface area contributed by atoms with Crippen LogP contribution in [0.4, 0.5) is 0 Å². The molecule has 0 radical (unpaired) electrons. The maximum atomic E-state index is 12.8. The van der Waals surface area contributed by atoms with Crippen molar-refractivity contribution in [1.29, 1.82) is 0 Å². The molecule has 1 fully saturated rings. The fourth-order valence-corrected chi connectivity index (χ4v) is 4.88. The lowest BCUT2D eigenvalue weighted by molar-refractivity contribution is 0.181. The Balaban J connectivity index is 1.62. The number of piperazine rings is 1. The Morgan fingerprint density at radius 3 is 2.37 bits per heavy atom. The van der Waals surface area contributed by atoms with Crippen LogP contribution >= 0.6 is 11.6 Å². The molecule has 0 aliphatic carbocycles. The topological polar surface area (TPSA) is 59.1 Å². The Labute approximate surface area is 183 Å². The Hall–Kier alpha value is -2.06. The van der Waals surface area contributed by atoms with Crippen molar-refractivity contribution < 1.29 is 17.9 Å². The molecule has 0 bridgehead atoms. The number of nitrogens with zero attached hydrogens (tertiary/aromatic N) is 2. The molecule has 1 aliphatic heterocycles. The highest BCUT2D eigenvalue weighted by Crippen LogP contribution is 2.29. The highest BCUT2D eigenvalue weighted by molar-refractivity contribution is 7.89. The van der Waals surface area contributed by atoms with Crippen LogP contribution in [0.2, 0.25) is 5.02 Å². The lowest BCUT2D eigenvalue weighted by Gasteiger charge is -2.34. The van der Waals surface area contributed by atoms with Crippen molar-refractivity contribution in [2.24, 2.45) is 0 Å². The minimum absolute atomic E-state index is 0.275. The molecule has 8 heteroatoms. The zero-order chi connectivity index (χ0) is 21.6. The lowest BCUT2D eigenvalue weighted by atomic mass is 10.1. The Bertz CT molecular complexity index is 956. The van der Waals surface area contributed by atoms with Crippen LogP contribution in [-0.2, 0) is 16.6 Å². The number of sulfonamides is 1. The van der Waals surface area contributed by atoms with E-state index < -0.39 is 10.0 Å². The first-order valence-electron chi connectivity index (χ1n) is 9.91. The van der Waals surface area contributed by atoms with E-state index in [9.17, 15) is 8.42 Å². The number of ether oxygens (including phenoxy) is 2. The van der Waals surface area contributed by atoms with Crippen LogP contribution in [0.5, 0.6) is 11.5 Å². The molecule has 2 aromatic rings. The second kappa shape index (κ2) is 10.3. The van der Waals surface area contributed by atoms with Gasteiger partial charge >= 0.3 is 0 Å². The first-order chi connectivity index (χ1) is 14.4. The van der Waals surface area contributed by atoms with Gasteiger partial charge in [-0.1, -0.05) is 30.3 Å². The summed E-state index contributed by atoms with van der Waals surface area (Å²) < 4.78 is 38.5. The van der Waals surface area contributed by atoms with E-state index in [0.717, 1.165) is 12.1 Å². The summed E-state index contributed by atoms with van der Waals surface area (Å²) in [5, 5.41) is 0.520. The molecule has 0 spiro atoms. The van der Waals surface area contributed by atoms with E-state index in [2.05, 4.69) is 11.5 Å². The highest BCUT2D eigenvalue weighted by atomic mass is 35.5. The van der Waals surface area contributed by atoms with Gasteiger partial charge in [-0.3, -0.25) is 4.90 Å². The maximum Gasteiger partial charge on any atom is 0.243 e. The van der Waals surface area contributed by atoms with Crippen LogP contribution in [0.15, 0.2) is 60.0 Å². The van der Waals surface area contributed by atoms with Gasteiger partial charge in [0.1, 0.15) is 6.61 Å². The van der Waals surface area contributed by atoms with Gasteiger partial charge in [0.15, 0.2) is 11.5 Å². The first-order valence-corrected chi connectivity index (χ1v) is 11.7. The minimum atomic E-state index is -3.50. The van der Waals surface area contributed by atoms with Crippen LogP contribution < -0.4 is 9.47 Å². The first kappa shape index (κ1) is 22.6. The van der Waals surface area contributed by atoms with Gasteiger partial charge in [0, 0.05) is 37.7 Å². The summed E-state index contributed by atoms with van der Waals surface area (Å²) in [6.45, 7) is 9.51. The quantitative estimate of drug-likeness (QED) is 0.544. The molecule has 0 amide bonds. The molecule has 2 aromatic carbocycles. The van der Waals surface area contributed by atoms with Gasteiger partial charge in [0.05, 0.1) is 11.5 Å². The van der Waals surface area contributed by atoms with Crippen LogP contribution in [0.1, 0.15) is 12.5 Å². The predicted molar refractivity (Wildman–Crippen MR) is 119 cm³/mol. The molecular formula is C22H27ClN2O4S. The summed E-state index contributed by atoms with van der Waals surface area (Å²) >= 11 is 5.87. The Kier molecular flexibility index (Phi) is 7.77. The molecule has 1 saturated heterocycles. The van der Waals surface area contributed by atoms with Gasteiger partial charge < -0.3 is 9.47 Å². The Morgan fingerprint density at radius 1 is 1.03 bits per heavy atom. The van der Waals surface area contributed by atoms with Crippen molar-refractivity contribution in [3.8, 4) is 11.5 Å². The van der Waals surface area contributed by atoms with Crippen LogP contribution in [-0.4, -0.2) is 57.0 Å². The maximum absolute atomic E-state index is 12.8. The zero-order valence-electron chi connectivity index (χ0n) is 17.1. The van der Waals surface area contributed by atoms with Crippen LogP contribution in [0.3, 0.4) is 0 Å². The van der Waals surface area contributed by atoms with Crippen molar-refractivity contribution in [2.45, 2.75) is 18.4 Å². The normalized spacial score (nSPS) is 15.7. The third-order valence-corrected chi connectivity index (χ3v) is 7.02. The number of halogens is 1. The van der Waals surface area contributed by atoms with Crippen molar-refractivity contribution in [1.82, 2.24) is 9.21 Å². The summed E-state index contributed by atoms with van der Waals surface area (Å²) in [5.41, 5.74) is 1.10. The SMILES string of the molecule is C=CCOc1ccc(CN2CCN(S(=O)(=O)c3ccc(Cl)cc3)CC2)cc1OCC. The smallest absolute Gasteiger partial charge is 0.243 e. The van der Waals surface area contributed by atoms with Gasteiger partial charge in [-0.15, -0.1) is 0 Å². The zero-order valence-corrected chi connectivity index (χ0v) is 18.7. The third-order valence-electron chi connectivity index (χ3n) is 4.85. The molecule has 0 saturated carbocycles. The van der Waals surface area contributed by atoms with Gasteiger partial charge in [-0.2, -0.15) is 4.31 Å². The van der Waals surface area contributed by atoms with Crippen LogP contribution in [0.25, 0.3) is 0 Å². The monoisotopic (exact) mass is 450 g/mol. The van der Waals surface area contributed by atoms with E-state index in [1.807, 2.05) is 25.1 Å². The standard InChI is InChI=1S/C22H27ClN2O4S/c1-3-15-29-21-10-5-18(16-22(21)28-4-2)17-24-11-13-25(14-12-24)30(26,27)20-8-6-19(23)7-9-20/h3,5-10,16H,1,4,11-15,17H2,2H3. The van der Waals surface area contributed by atoms with Crippen LogP contribution in [0, 0.1) is 0 Å². The molecule has 30 heavy (non-hydrogen) atoms. The fraction of sp³-hybridized carbons (Fsp3) is 0.364. The number of hydrogen-bond acceptors (Lipinski definition) is 5. The van der Waals surface area contributed by atoms with E-state index in [1.165, 1.54) is 4.31 Å². The van der Waals surface area contributed by atoms with E-state index in [1.54, 1.807) is 30.3 Å². The largest absolute Gasteiger partial charge is 0.490 e. The van der Waals surface area contributed by atoms with E-state index in [4.69, 9.17) is 21.1 Å². The molecular weight excluding hydrogens is 424 g/mol. The molecule has 3 rings (SSSR count). The minimum Gasteiger partial charge on any atom is -0.490 e. The summed E-state index contributed by atoms with van der Waals surface area (Å²) in [6, 6.07) is 12.2. The average Bonchev–Trinajstić information content (AvgIpc) is 2.74. The van der Waals surface area contributed by atoms with Gasteiger partial charge in [0.25, 0.3) is 0 Å². The lowest BCUT2D eigenvalue weighted by Crippen LogP contribution is -2.48. The molecule has 162 valence electrons. The number of rotatable bonds is 9. The molecule has 0 unspecified atom stereocenters. The van der Waals surface area contributed by atoms with Crippen molar-refractivity contribution in [3.05, 3.63) is 65.7 Å². The fourth-order valence-electron chi connectivity index (χ4n) is 3.33. The second-order valence-corrected chi connectivity index (χ2v) is 9.32. The summed E-state index contributed by atoms with van der Waals surface area (Å²) in [7, 11) is -3.50. The molecule has 0 atom stereocenters. The van der Waals surface area contributed by atoms with Crippen molar-refractivity contribution in [3.63, 3.8) is 0 Å². The second-order valence-electron chi connectivity index (χ2n) is 6.95. The van der Waals surface area contributed by atoms with Crippen molar-refractivity contribution >= 4 is 21.6 Å². The molecule has 0 N–H and O–H groups in total. The molecule has 1 aliphatic rings. The van der Waals surface area contributed by atoms with Gasteiger partial charge in [-0.05, 0) is 48.9 Å².